The lowest BCUT2D eigenvalue weighted by atomic mass is 10.1. The molecule has 0 amide bonds. The van der Waals surface area contributed by atoms with E-state index in [1.54, 1.807) is 6.92 Å². The van der Waals surface area contributed by atoms with Crippen molar-refractivity contribution in [1.29, 1.82) is 0 Å². The number of hydrogen-bond donors (Lipinski definition) is 1. The molecule has 0 aliphatic carbocycles. The molecular formula is C11H12O. The van der Waals surface area contributed by atoms with Gasteiger partial charge in [0, 0.05) is 5.56 Å². The molecule has 1 rings (SSSR count). The molecule has 0 bridgehead atoms. The first-order chi connectivity index (χ1) is 5.70. The Morgan fingerprint density at radius 1 is 1.33 bits per heavy atom. The molecule has 0 aromatic heterocycles. The first-order valence-electron chi connectivity index (χ1n) is 3.95. The van der Waals surface area contributed by atoms with Crippen LogP contribution in [0, 0.1) is 18.8 Å². The quantitative estimate of drug-likeness (QED) is 0.573. The third kappa shape index (κ3) is 2.41. The molecule has 0 radical (unpaired) electrons. The highest BCUT2D eigenvalue weighted by atomic mass is 16.3. The predicted octanol–water partition coefficient (Wildman–Crippen LogP) is 1.73. The number of aliphatic hydroxyl groups is 1. The van der Waals surface area contributed by atoms with E-state index in [1.807, 2.05) is 31.2 Å². The number of rotatable bonds is 0. The molecule has 0 saturated carbocycles. The fourth-order valence-electron chi connectivity index (χ4n) is 0.895. The lowest BCUT2D eigenvalue weighted by Gasteiger charge is -1.95. The lowest BCUT2D eigenvalue weighted by Crippen LogP contribution is -1.93. The highest BCUT2D eigenvalue weighted by Gasteiger charge is 1.90. The fourth-order valence-corrected chi connectivity index (χ4v) is 0.895. The Morgan fingerprint density at radius 2 is 2.00 bits per heavy atom. The van der Waals surface area contributed by atoms with Crippen LogP contribution in [0.25, 0.3) is 0 Å². The van der Waals surface area contributed by atoms with Crippen molar-refractivity contribution in [2.45, 2.75) is 20.0 Å². The minimum absolute atomic E-state index is 0.551. The molecule has 0 heterocycles. The van der Waals surface area contributed by atoms with Crippen molar-refractivity contribution in [2.75, 3.05) is 0 Å². The summed E-state index contributed by atoms with van der Waals surface area (Å²) in [5, 5.41) is 8.93. The maximum absolute atomic E-state index is 8.93. The molecule has 1 heteroatoms. The monoisotopic (exact) mass is 160 g/mol. The topological polar surface area (TPSA) is 20.2 Å². The summed E-state index contributed by atoms with van der Waals surface area (Å²) in [6, 6.07) is 7.87. The Kier molecular flexibility index (Phi) is 2.90. The summed E-state index contributed by atoms with van der Waals surface area (Å²) in [6.45, 7) is 3.66. The minimum atomic E-state index is -0.551. The number of aliphatic hydroxyl groups excluding tert-OH is 1. The summed E-state index contributed by atoms with van der Waals surface area (Å²) in [5.74, 6) is 5.62. The van der Waals surface area contributed by atoms with Crippen molar-refractivity contribution in [3.05, 3.63) is 35.4 Å². The molecular weight excluding hydrogens is 148 g/mol. The molecule has 0 aliphatic heterocycles. The van der Waals surface area contributed by atoms with E-state index in [-0.39, 0.29) is 0 Å². The summed E-state index contributed by atoms with van der Waals surface area (Å²) >= 11 is 0. The van der Waals surface area contributed by atoms with Gasteiger partial charge in [-0.05, 0) is 25.5 Å². The van der Waals surface area contributed by atoms with Crippen LogP contribution in [-0.4, -0.2) is 11.2 Å². The molecule has 1 aromatic rings. The number of hydrogen-bond acceptors (Lipinski definition) is 1. The van der Waals surface area contributed by atoms with Crippen LogP contribution in [0.5, 0.6) is 0 Å². The Labute approximate surface area is 73.0 Å². The van der Waals surface area contributed by atoms with E-state index in [0.717, 1.165) is 11.1 Å². The van der Waals surface area contributed by atoms with Gasteiger partial charge in [-0.2, -0.15) is 0 Å². The molecule has 62 valence electrons. The van der Waals surface area contributed by atoms with Crippen LogP contribution in [0.4, 0.5) is 0 Å². The minimum Gasteiger partial charge on any atom is -0.381 e. The van der Waals surface area contributed by atoms with E-state index >= 15 is 0 Å². The highest BCUT2D eigenvalue weighted by molar-refractivity contribution is 5.40. The van der Waals surface area contributed by atoms with Crippen LogP contribution in [0.15, 0.2) is 24.3 Å². The molecule has 0 unspecified atom stereocenters. The zero-order valence-electron chi connectivity index (χ0n) is 7.33. The van der Waals surface area contributed by atoms with E-state index in [2.05, 4.69) is 11.8 Å². The average Bonchev–Trinajstić information content (AvgIpc) is 2.03. The van der Waals surface area contributed by atoms with Gasteiger partial charge in [0.2, 0.25) is 0 Å². The molecule has 1 N–H and O–H groups in total. The Balaban J connectivity index is 2.92. The van der Waals surface area contributed by atoms with Gasteiger partial charge in [0.1, 0.15) is 6.10 Å². The van der Waals surface area contributed by atoms with Gasteiger partial charge in [-0.3, -0.25) is 0 Å². The molecule has 1 atom stereocenters. The van der Waals surface area contributed by atoms with Crippen molar-refractivity contribution in [3.63, 3.8) is 0 Å². The average molecular weight is 160 g/mol. The van der Waals surface area contributed by atoms with Gasteiger partial charge in [-0.15, -0.1) is 0 Å². The highest BCUT2D eigenvalue weighted by Crippen LogP contribution is 2.04. The van der Waals surface area contributed by atoms with Gasteiger partial charge in [0.15, 0.2) is 0 Å². The summed E-state index contributed by atoms with van der Waals surface area (Å²) in [7, 11) is 0. The van der Waals surface area contributed by atoms with Crippen molar-refractivity contribution in [2.24, 2.45) is 0 Å². The number of benzene rings is 1. The smallest absolute Gasteiger partial charge is 0.112 e. The zero-order valence-corrected chi connectivity index (χ0v) is 7.33. The first kappa shape index (κ1) is 8.83. The zero-order chi connectivity index (χ0) is 8.97. The second-order valence-electron chi connectivity index (χ2n) is 2.76. The molecule has 12 heavy (non-hydrogen) atoms. The third-order valence-corrected chi connectivity index (χ3v) is 1.56. The maximum Gasteiger partial charge on any atom is 0.112 e. The molecule has 1 aromatic carbocycles. The molecule has 0 spiro atoms. The molecule has 1 nitrogen and oxygen atoms in total. The van der Waals surface area contributed by atoms with Gasteiger partial charge in [-0.25, -0.2) is 0 Å². The van der Waals surface area contributed by atoms with Gasteiger partial charge in [0.05, 0.1) is 0 Å². The second-order valence-corrected chi connectivity index (χ2v) is 2.76. The van der Waals surface area contributed by atoms with E-state index in [1.165, 1.54) is 0 Å². The van der Waals surface area contributed by atoms with Crippen molar-refractivity contribution < 1.29 is 5.11 Å². The summed E-state index contributed by atoms with van der Waals surface area (Å²) in [6.07, 6.45) is -0.551. The van der Waals surface area contributed by atoms with Gasteiger partial charge in [0.25, 0.3) is 0 Å². The van der Waals surface area contributed by atoms with Gasteiger partial charge >= 0.3 is 0 Å². The van der Waals surface area contributed by atoms with Crippen LogP contribution in [-0.2, 0) is 0 Å². The first-order valence-corrected chi connectivity index (χ1v) is 3.95. The Morgan fingerprint density at radius 3 is 2.58 bits per heavy atom. The van der Waals surface area contributed by atoms with Crippen molar-refractivity contribution in [1.82, 2.24) is 0 Å². The van der Waals surface area contributed by atoms with Crippen LogP contribution >= 0.6 is 0 Å². The standard InChI is InChI=1S/C11H12O/c1-9-5-3-4-6-11(9)8-7-10(2)12/h3-6,10,12H,1-2H3/t10-/m0/s1. The van der Waals surface area contributed by atoms with Gasteiger partial charge in [-0.1, -0.05) is 30.0 Å². The fraction of sp³-hybridized carbons (Fsp3) is 0.273. The second kappa shape index (κ2) is 3.94. The Hall–Kier alpha value is -1.26. The van der Waals surface area contributed by atoms with Crippen LogP contribution < -0.4 is 0 Å². The third-order valence-electron chi connectivity index (χ3n) is 1.56. The van der Waals surface area contributed by atoms with E-state index in [4.69, 9.17) is 5.11 Å². The van der Waals surface area contributed by atoms with E-state index in [0.29, 0.717) is 0 Å². The van der Waals surface area contributed by atoms with Crippen molar-refractivity contribution >= 4 is 0 Å². The predicted molar refractivity (Wildman–Crippen MR) is 49.7 cm³/mol. The summed E-state index contributed by atoms with van der Waals surface area (Å²) in [5.41, 5.74) is 2.13. The molecule has 0 aliphatic rings. The maximum atomic E-state index is 8.93. The van der Waals surface area contributed by atoms with Crippen LogP contribution in [0.3, 0.4) is 0 Å². The van der Waals surface area contributed by atoms with E-state index < -0.39 is 6.10 Å². The summed E-state index contributed by atoms with van der Waals surface area (Å²) in [4.78, 5) is 0. The van der Waals surface area contributed by atoms with Crippen LogP contribution in [0.1, 0.15) is 18.1 Å². The largest absolute Gasteiger partial charge is 0.381 e. The number of aryl methyl sites for hydroxylation is 1. The van der Waals surface area contributed by atoms with Crippen molar-refractivity contribution in [3.8, 4) is 11.8 Å². The summed E-state index contributed by atoms with van der Waals surface area (Å²) < 4.78 is 0. The normalized spacial score (nSPS) is 11.6. The van der Waals surface area contributed by atoms with Gasteiger partial charge < -0.3 is 5.11 Å². The van der Waals surface area contributed by atoms with E-state index in [9.17, 15) is 0 Å². The lowest BCUT2D eigenvalue weighted by molar-refractivity contribution is 0.253. The van der Waals surface area contributed by atoms with Crippen LogP contribution in [0.2, 0.25) is 0 Å². The Bertz CT molecular complexity index is 315. The molecule has 0 fully saturated rings. The molecule has 0 saturated heterocycles. The SMILES string of the molecule is Cc1ccccc1C#C[C@H](C)O.